The summed E-state index contributed by atoms with van der Waals surface area (Å²) in [5, 5.41) is 8.40. The zero-order chi connectivity index (χ0) is 9.47. The average molecular weight is 191 g/mol. The van der Waals surface area contributed by atoms with Gasteiger partial charge >= 0.3 is 6.18 Å². The number of anilines is 1. The number of rotatable bonds is 0. The number of halogens is 3. The average Bonchev–Trinajstić information content (AvgIpc) is 2.45. The second-order valence-corrected chi connectivity index (χ2v) is 2.95. The Kier molecular flexibility index (Phi) is 1.71. The number of alkyl halides is 3. The highest BCUT2D eigenvalue weighted by Crippen LogP contribution is 2.34. The summed E-state index contributed by atoms with van der Waals surface area (Å²) in [4.78, 5) is 0. The van der Waals surface area contributed by atoms with E-state index in [0.717, 1.165) is 6.42 Å². The standard InChI is InChI=1S/C7H8F3N3/c8-7(9,10)5-4-2-1-3-11-6(4)13-12-5/h1-3H2,(H2,11,12,13). The van der Waals surface area contributed by atoms with Crippen molar-refractivity contribution in [2.75, 3.05) is 11.9 Å². The molecule has 0 unspecified atom stereocenters. The lowest BCUT2D eigenvalue weighted by Gasteiger charge is -2.13. The van der Waals surface area contributed by atoms with Gasteiger partial charge in [0.15, 0.2) is 5.82 Å². The monoisotopic (exact) mass is 191 g/mol. The molecule has 1 aliphatic heterocycles. The molecule has 3 nitrogen and oxygen atoms in total. The molecule has 0 saturated heterocycles. The van der Waals surface area contributed by atoms with Gasteiger partial charge in [0.2, 0.25) is 0 Å². The van der Waals surface area contributed by atoms with Crippen molar-refractivity contribution in [3.63, 3.8) is 0 Å². The molecule has 2 rings (SSSR count). The van der Waals surface area contributed by atoms with Gasteiger partial charge in [0, 0.05) is 12.1 Å². The molecule has 1 aromatic heterocycles. The molecule has 0 aliphatic carbocycles. The van der Waals surface area contributed by atoms with Crippen LogP contribution in [0.3, 0.4) is 0 Å². The van der Waals surface area contributed by atoms with E-state index in [2.05, 4.69) is 10.4 Å². The van der Waals surface area contributed by atoms with Crippen LogP contribution >= 0.6 is 0 Å². The number of nitrogens with zero attached hydrogens (tertiary/aromatic N) is 1. The summed E-state index contributed by atoms with van der Waals surface area (Å²) in [5.74, 6) is 0.346. The van der Waals surface area contributed by atoms with Crippen LogP contribution in [0.1, 0.15) is 17.7 Å². The van der Waals surface area contributed by atoms with Crippen LogP contribution in [0, 0.1) is 0 Å². The van der Waals surface area contributed by atoms with Gasteiger partial charge in [-0.15, -0.1) is 0 Å². The van der Waals surface area contributed by atoms with E-state index in [1.807, 2.05) is 5.10 Å². The summed E-state index contributed by atoms with van der Waals surface area (Å²) in [7, 11) is 0. The fraction of sp³-hybridized carbons (Fsp3) is 0.571. The van der Waals surface area contributed by atoms with Crippen molar-refractivity contribution >= 4 is 5.82 Å². The van der Waals surface area contributed by atoms with Gasteiger partial charge in [-0.25, -0.2) is 0 Å². The number of aromatic nitrogens is 2. The molecular formula is C7H8F3N3. The molecule has 2 heterocycles. The topological polar surface area (TPSA) is 40.7 Å². The third kappa shape index (κ3) is 1.36. The van der Waals surface area contributed by atoms with E-state index in [1.165, 1.54) is 0 Å². The number of fused-ring (bicyclic) bond motifs is 1. The first-order chi connectivity index (χ1) is 6.09. The van der Waals surface area contributed by atoms with Gasteiger partial charge in [0.1, 0.15) is 5.69 Å². The molecule has 0 atom stereocenters. The normalized spacial score (nSPS) is 16.5. The van der Waals surface area contributed by atoms with E-state index >= 15 is 0 Å². The summed E-state index contributed by atoms with van der Waals surface area (Å²) >= 11 is 0. The van der Waals surface area contributed by atoms with E-state index in [4.69, 9.17) is 0 Å². The summed E-state index contributed by atoms with van der Waals surface area (Å²) in [6.07, 6.45) is -3.16. The maximum Gasteiger partial charge on any atom is 0.433 e. The van der Waals surface area contributed by atoms with Gasteiger partial charge < -0.3 is 5.32 Å². The second-order valence-electron chi connectivity index (χ2n) is 2.95. The quantitative estimate of drug-likeness (QED) is 0.656. The molecule has 2 N–H and O–H groups in total. The largest absolute Gasteiger partial charge is 0.433 e. The lowest BCUT2D eigenvalue weighted by molar-refractivity contribution is -0.141. The molecule has 72 valence electrons. The maximum absolute atomic E-state index is 12.3. The molecule has 0 spiro atoms. The molecule has 0 saturated carbocycles. The fourth-order valence-corrected chi connectivity index (χ4v) is 1.46. The van der Waals surface area contributed by atoms with Crippen LogP contribution in [-0.2, 0) is 12.6 Å². The van der Waals surface area contributed by atoms with Crippen LogP contribution < -0.4 is 5.32 Å². The van der Waals surface area contributed by atoms with E-state index in [0.29, 0.717) is 18.8 Å². The first-order valence-electron chi connectivity index (χ1n) is 3.97. The zero-order valence-corrected chi connectivity index (χ0v) is 6.70. The minimum Gasteiger partial charge on any atom is -0.368 e. The number of nitrogens with one attached hydrogen (secondary N) is 2. The van der Waals surface area contributed by atoms with Crippen LogP contribution in [0.25, 0.3) is 0 Å². The van der Waals surface area contributed by atoms with E-state index in [1.54, 1.807) is 0 Å². The highest BCUT2D eigenvalue weighted by atomic mass is 19.4. The van der Waals surface area contributed by atoms with E-state index in [9.17, 15) is 13.2 Å². The smallest absolute Gasteiger partial charge is 0.368 e. The molecular weight excluding hydrogens is 183 g/mol. The van der Waals surface area contributed by atoms with Crippen molar-refractivity contribution in [1.82, 2.24) is 10.2 Å². The Hall–Kier alpha value is -1.20. The van der Waals surface area contributed by atoms with Crippen LogP contribution in [0.2, 0.25) is 0 Å². The summed E-state index contributed by atoms with van der Waals surface area (Å²) in [6.45, 7) is 0.690. The Labute approximate surface area is 72.3 Å². The van der Waals surface area contributed by atoms with Crippen molar-refractivity contribution in [3.05, 3.63) is 11.3 Å². The van der Waals surface area contributed by atoms with Crippen LogP contribution in [0.15, 0.2) is 0 Å². The molecule has 1 aromatic rings. The van der Waals surface area contributed by atoms with E-state index < -0.39 is 11.9 Å². The second kappa shape index (κ2) is 2.65. The fourth-order valence-electron chi connectivity index (χ4n) is 1.46. The molecule has 0 amide bonds. The maximum atomic E-state index is 12.3. The van der Waals surface area contributed by atoms with Crippen molar-refractivity contribution in [1.29, 1.82) is 0 Å². The molecule has 0 radical (unpaired) electrons. The summed E-state index contributed by atoms with van der Waals surface area (Å²) in [5.41, 5.74) is -0.451. The van der Waals surface area contributed by atoms with Gasteiger partial charge in [-0.2, -0.15) is 18.3 Å². The molecule has 6 heteroatoms. The predicted octanol–water partition coefficient (Wildman–Crippen LogP) is 1.79. The third-order valence-electron chi connectivity index (χ3n) is 2.05. The first-order valence-corrected chi connectivity index (χ1v) is 3.97. The number of aromatic amines is 1. The lowest BCUT2D eigenvalue weighted by Crippen LogP contribution is -2.14. The Morgan fingerprint density at radius 1 is 1.31 bits per heavy atom. The molecule has 13 heavy (non-hydrogen) atoms. The van der Waals surface area contributed by atoms with Crippen LogP contribution in [-0.4, -0.2) is 16.7 Å². The molecule has 0 aromatic carbocycles. The highest BCUT2D eigenvalue weighted by molar-refractivity contribution is 5.49. The Balaban J connectivity index is 2.43. The third-order valence-corrected chi connectivity index (χ3v) is 2.05. The van der Waals surface area contributed by atoms with Crippen LogP contribution in [0.5, 0.6) is 0 Å². The Morgan fingerprint density at radius 2 is 2.08 bits per heavy atom. The Morgan fingerprint density at radius 3 is 2.77 bits per heavy atom. The van der Waals surface area contributed by atoms with Gasteiger partial charge in [-0.05, 0) is 12.8 Å². The van der Waals surface area contributed by atoms with Gasteiger partial charge in [0.05, 0.1) is 0 Å². The SMILES string of the molecule is FC(F)(F)c1[nH]nc2c1CCCN2. The summed E-state index contributed by atoms with van der Waals surface area (Å²) < 4.78 is 36.9. The Bertz CT molecular complexity index is 315. The lowest BCUT2D eigenvalue weighted by atomic mass is 10.1. The van der Waals surface area contributed by atoms with Crippen LogP contribution in [0.4, 0.5) is 19.0 Å². The number of hydrogen-bond acceptors (Lipinski definition) is 2. The highest BCUT2D eigenvalue weighted by Gasteiger charge is 2.37. The molecule has 1 aliphatic rings. The molecule has 0 bridgehead atoms. The first kappa shape index (κ1) is 8.40. The summed E-state index contributed by atoms with van der Waals surface area (Å²) in [6, 6.07) is 0. The zero-order valence-electron chi connectivity index (χ0n) is 6.70. The van der Waals surface area contributed by atoms with Crippen molar-refractivity contribution in [2.24, 2.45) is 0 Å². The number of hydrogen-bond donors (Lipinski definition) is 2. The minimum absolute atomic E-state index is 0.263. The number of H-pyrrole nitrogens is 1. The van der Waals surface area contributed by atoms with Crippen molar-refractivity contribution in [3.8, 4) is 0 Å². The van der Waals surface area contributed by atoms with E-state index in [-0.39, 0.29) is 5.56 Å². The van der Waals surface area contributed by atoms with Gasteiger partial charge in [0.25, 0.3) is 0 Å². The van der Waals surface area contributed by atoms with Gasteiger partial charge in [-0.1, -0.05) is 0 Å². The molecule has 0 fully saturated rings. The van der Waals surface area contributed by atoms with Crippen molar-refractivity contribution < 1.29 is 13.2 Å². The predicted molar refractivity (Wildman–Crippen MR) is 40.4 cm³/mol. The van der Waals surface area contributed by atoms with Crippen molar-refractivity contribution in [2.45, 2.75) is 19.0 Å². The minimum atomic E-state index is -4.32. The van der Waals surface area contributed by atoms with Gasteiger partial charge in [-0.3, -0.25) is 5.10 Å².